The van der Waals surface area contributed by atoms with E-state index in [0.717, 1.165) is 41.6 Å². The maximum absolute atomic E-state index is 12.7. The van der Waals surface area contributed by atoms with Crippen molar-refractivity contribution in [2.75, 3.05) is 18.5 Å². The number of aromatic nitrogens is 1. The number of non-ortho nitro benzene ring substituents is 1. The topological polar surface area (TPSA) is 155 Å². The average Bonchev–Trinajstić information content (AvgIpc) is 3.30. The van der Waals surface area contributed by atoms with Crippen LogP contribution in [-0.4, -0.2) is 43.4 Å². The fourth-order valence-electron chi connectivity index (χ4n) is 3.03. The molecule has 13 heteroatoms. The van der Waals surface area contributed by atoms with Gasteiger partial charge in [0.2, 0.25) is 9.84 Å². The zero-order valence-electron chi connectivity index (χ0n) is 19.6. The number of hydrogen-bond donors (Lipinski definition) is 1. The summed E-state index contributed by atoms with van der Waals surface area (Å²) >= 11 is 0.691. The Morgan fingerprint density at radius 2 is 1.83 bits per heavy atom. The summed E-state index contributed by atoms with van der Waals surface area (Å²) in [6.45, 7) is 4.91. The van der Waals surface area contributed by atoms with Gasteiger partial charge in [0.25, 0.3) is 11.6 Å². The summed E-state index contributed by atoms with van der Waals surface area (Å²) in [7, 11) is -3.99. The highest BCUT2D eigenvalue weighted by molar-refractivity contribution is 7.93. The van der Waals surface area contributed by atoms with Crippen LogP contribution in [0, 0.1) is 17.0 Å². The minimum absolute atomic E-state index is 0.0193. The number of anilines is 1. The second-order valence-corrected chi connectivity index (χ2v) is 11.1. The van der Waals surface area contributed by atoms with E-state index in [0.29, 0.717) is 17.1 Å². The first-order valence-electron chi connectivity index (χ1n) is 10.6. The quantitative estimate of drug-likeness (QED) is 0.232. The van der Waals surface area contributed by atoms with Crippen molar-refractivity contribution in [1.29, 1.82) is 0 Å². The number of carbonyl (C=O) groups excluding carboxylic acids is 2. The molecule has 11 nitrogen and oxygen atoms in total. The summed E-state index contributed by atoms with van der Waals surface area (Å²) in [6, 6.07) is 10.1. The Bertz CT molecular complexity index is 1380. The van der Waals surface area contributed by atoms with Gasteiger partial charge in [-0.2, -0.15) is 0 Å². The van der Waals surface area contributed by atoms with Crippen molar-refractivity contribution >= 4 is 43.9 Å². The number of amides is 1. The number of carbonyl (C=O) groups is 2. The predicted octanol–water partition coefficient (Wildman–Crippen LogP) is 3.88. The molecule has 190 valence electrons. The molecule has 0 radical (unpaired) electrons. The number of nitro benzene ring substituents is 1. The molecular formula is C23H23N3O8S2. The van der Waals surface area contributed by atoms with E-state index in [9.17, 15) is 28.1 Å². The molecule has 1 heterocycles. The second-order valence-electron chi connectivity index (χ2n) is 7.93. The van der Waals surface area contributed by atoms with Crippen molar-refractivity contribution in [3.63, 3.8) is 0 Å². The number of esters is 1. The molecule has 0 aliphatic heterocycles. The number of sulfone groups is 1. The summed E-state index contributed by atoms with van der Waals surface area (Å²) in [5.41, 5.74) is 1.67. The van der Waals surface area contributed by atoms with Crippen LogP contribution in [-0.2, 0) is 24.2 Å². The Labute approximate surface area is 211 Å². The van der Waals surface area contributed by atoms with Crippen LogP contribution in [0.4, 0.5) is 10.8 Å². The van der Waals surface area contributed by atoms with Gasteiger partial charge >= 0.3 is 5.97 Å². The zero-order chi connectivity index (χ0) is 26.5. The first-order valence-corrected chi connectivity index (χ1v) is 12.9. The summed E-state index contributed by atoms with van der Waals surface area (Å²) < 4.78 is 35.8. The number of aryl methyl sites for hydroxylation is 1. The van der Waals surface area contributed by atoms with E-state index in [-0.39, 0.29) is 32.4 Å². The minimum Gasteiger partial charge on any atom is -0.482 e. The van der Waals surface area contributed by atoms with Crippen LogP contribution < -0.4 is 10.1 Å². The number of rotatable bonds is 10. The molecule has 0 aliphatic rings. The minimum atomic E-state index is -3.99. The van der Waals surface area contributed by atoms with E-state index >= 15 is 0 Å². The lowest BCUT2D eigenvalue weighted by Crippen LogP contribution is -2.23. The maximum atomic E-state index is 12.7. The number of nitrogens with zero attached hydrogens (tertiary/aromatic N) is 2. The molecule has 0 saturated carbocycles. The smallest absolute Gasteiger partial charge is 0.344 e. The third kappa shape index (κ3) is 6.64. The van der Waals surface area contributed by atoms with Gasteiger partial charge in [-0.25, -0.2) is 18.2 Å². The first-order chi connectivity index (χ1) is 17.0. The average molecular weight is 534 g/mol. The molecule has 0 atom stereocenters. The molecule has 1 aromatic heterocycles. The predicted molar refractivity (Wildman–Crippen MR) is 131 cm³/mol. The Morgan fingerprint density at radius 3 is 2.47 bits per heavy atom. The van der Waals surface area contributed by atoms with E-state index < -0.39 is 33.2 Å². The normalized spacial score (nSPS) is 11.2. The second kappa shape index (κ2) is 11.3. The fourth-order valence-corrected chi connectivity index (χ4v) is 5.48. The van der Waals surface area contributed by atoms with Crippen LogP contribution in [0.5, 0.6) is 5.75 Å². The number of ether oxygens (including phenoxy) is 2. The van der Waals surface area contributed by atoms with E-state index in [2.05, 4.69) is 10.3 Å². The van der Waals surface area contributed by atoms with E-state index in [1.165, 1.54) is 0 Å². The molecule has 0 unspecified atom stereocenters. The van der Waals surface area contributed by atoms with Gasteiger partial charge in [0.05, 0.1) is 16.0 Å². The van der Waals surface area contributed by atoms with Crippen molar-refractivity contribution in [1.82, 2.24) is 4.98 Å². The molecule has 1 N–H and O–H groups in total. The molecule has 0 saturated heterocycles. The number of benzene rings is 2. The van der Waals surface area contributed by atoms with Gasteiger partial charge in [-0.3, -0.25) is 20.2 Å². The SMILES string of the molecule is Cc1ccc(C(C)C)c(OCC(=O)OCC(=O)Nc2ncc(S(=O)(=O)c3ccc([N+](=O)[O-])cc3)s2)c1. The van der Waals surface area contributed by atoms with Crippen molar-refractivity contribution in [3.05, 3.63) is 69.9 Å². The van der Waals surface area contributed by atoms with Crippen molar-refractivity contribution in [2.24, 2.45) is 0 Å². The number of thiazole rings is 1. The molecule has 3 rings (SSSR count). The van der Waals surface area contributed by atoms with E-state index in [1.807, 2.05) is 39.0 Å². The molecule has 0 spiro atoms. The molecular weight excluding hydrogens is 510 g/mol. The monoisotopic (exact) mass is 533 g/mol. The molecule has 0 fully saturated rings. The van der Waals surface area contributed by atoms with Crippen molar-refractivity contribution in [2.45, 2.75) is 35.8 Å². The number of nitro groups is 1. The van der Waals surface area contributed by atoms with Crippen molar-refractivity contribution in [3.8, 4) is 5.75 Å². The zero-order valence-corrected chi connectivity index (χ0v) is 21.2. The molecule has 2 aromatic carbocycles. The van der Waals surface area contributed by atoms with Gasteiger partial charge in [-0.05, 0) is 42.2 Å². The summed E-state index contributed by atoms with van der Waals surface area (Å²) in [4.78, 5) is 38.0. The first kappa shape index (κ1) is 26.8. The van der Waals surface area contributed by atoms with Crippen LogP contribution in [0.2, 0.25) is 0 Å². The third-order valence-corrected chi connectivity index (χ3v) is 8.00. The molecule has 1 amide bonds. The van der Waals surface area contributed by atoms with Crippen LogP contribution in [0.25, 0.3) is 0 Å². The van der Waals surface area contributed by atoms with E-state index in [1.54, 1.807) is 0 Å². The highest BCUT2D eigenvalue weighted by atomic mass is 32.2. The van der Waals surface area contributed by atoms with Gasteiger partial charge in [-0.15, -0.1) is 0 Å². The van der Waals surface area contributed by atoms with Gasteiger partial charge in [0.1, 0.15) is 9.96 Å². The van der Waals surface area contributed by atoms with Crippen LogP contribution in [0.1, 0.15) is 30.9 Å². The van der Waals surface area contributed by atoms with Gasteiger partial charge < -0.3 is 9.47 Å². The fraction of sp³-hybridized carbons (Fsp3) is 0.261. The van der Waals surface area contributed by atoms with Crippen LogP contribution in [0.3, 0.4) is 0 Å². The lowest BCUT2D eigenvalue weighted by molar-refractivity contribution is -0.384. The third-order valence-electron chi connectivity index (χ3n) is 4.85. The molecule has 0 bridgehead atoms. The molecule has 36 heavy (non-hydrogen) atoms. The van der Waals surface area contributed by atoms with Gasteiger partial charge in [0.15, 0.2) is 18.3 Å². The molecule has 3 aromatic rings. The van der Waals surface area contributed by atoms with Gasteiger partial charge in [-0.1, -0.05) is 37.3 Å². The standard InChI is InChI=1S/C23H23N3O8S2/c1-14(2)18-9-4-15(3)10-19(18)33-13-21(28)34-12-20(27)25-23-24-11-22(35-23)36(31,32)17-7-5-16(6-8-17)26(29)30/h4-11,14H,12-13H2,1-3H3,(H,24,25,27). The van der Waals surface area contributed by atoms with Crippen molar-refractivity contribution < 1.29 is 32.4 Å². The summed E-state index contributed by atoms with van der Waals surface area (Å²) in [5.74, 6) is -0.705. The lowest BCUT2D eigenvalue weighted by atomic mass is 10.0. The lowest BCUT2D eigenvalue weighted by Gasteiger charge is -2.14. The maximum Gasteiger partial charge on any atom is 0.344 e. The Kier molecular flexibility index (Phi) is 8.37. The number of nitrogens with one attached hydrogen (secondary N) is 1. The highest BCUT2D eigenvalue weighted by Gasteiger charge is 2.22. The Hall–Kier alpha value is -3.84. The summed E-state index contributed by atoms with van der Waals surface area (Å²) in [5, 5.41) is 13.1. The van der Waals surface area contributed by atoms with Crippen LogP contribution in [0.15, 0.2) is 57.8 Å². The Balaban J connectivity index is 1.53. The van der Waals surface area contributed by atoms with Gasteiger partial charge in [0, 0.05) is 12.1 Å². The largest absolute Gasteiger partial charge is 0.482 e. The molecule has 0 aliphatic carbocycles. The van der Waals surface area contributed by atoms with Crippen LogP contribution >= 0.6 is 11.3 Å². The van der Waals surface area contributed by atoms with E-state index in [4.69, 9.17) is 9.47 Å². The number of hydrogen-bond acceptors (Lipinski definition) is 10. The summed E-state index contributed by atoms with van der Waals surface area (Å²) in [6.07, 6.45) is 1.06. The highest BCUT2D eigenvalue weighted by Crippen LogP contribution is 2.30. The Morgan fingerprint density at radius 1 is 1.14 bits per heavy atom.